The summed E-state index contributed by atoms with van der Waals surface area (Å²) in [5.74, 6) is -0.503. The standard InChI is InChI=1S/C23H28FN5O/c1-18-5-4-6-21(15-18)29-13-11-28(12-14-29)10-3-2-9-26-23(30)27-22-8-7-20(24)16-19(22)17-25/h4-8,15-16H,2-3,9-14H2,1H3,(H2,26,27,30). The van der Waals surface area contributed by atoms with Crippen molar-refractivity contribution in [2.75, 3.05) is 49.5 Å². The van der Waals surface area contributed by atoms with Gasteiger partial charge in [-0.25, -0.2) is 9.18 Å². The van der Waals surface area contributed by atoms with Crippen LogP contribution < -0.4 is 15.5 Å². The Hall–Kier alpha value is -3.11. The molecule has 2 aromatic carbocycles. The Morgan fingerprint density at radius 2 is 1.93 bits per heavy atom. The number of aryl methyl sites for hydroxylation is 1. The number of carbonyl (C=O) groups is 1. The van der Waals surface area contributed by atoms with E-state index >= 15 is 0 Å². The van der Waals surface area contributed by atoms with Crippen LogP contribution in [0, 0.1) is 24.1 Å². The number of amides is 2. The number of piperazine rings is 1. The molecule has 0 aliphatic carbocycles. The normalized spacial score (nSPS) is 14.2. The largest absolute Gasteiger partial charge is 0.369 e. The van der Waals surface area contributed by atoms with E-state index in [1.54, 1.807) is 0 Å². The van der Waals surface area contributed by atoms with Crippen LogP contribution in [0.3, 0.4) is 0 Å². The number of hydrogen-bond donors (Lipinski definition) is 2. The summed E-state index contributed by atoms with van der Waals surface area (Å²) in [7, 11) is 0. The van der Waals surface area contributed by atoms with Gasteiger partial charge in [-0.2, -0.15) is 5.26 Å². The van der Waals surface area contributed by atoms with Gasteiger partial charge in [0.05, 0.1) is 11.3 Å². The van der Waals surface area contributed by atoms with E-state index in [2.05, 4.69) is 51.6 Å². The summed E-state index contributed by atoms with van der Waals surface area (Å²) in [6, 6.07) is 13.8. The Labute approximate surface area is 177 Å². The van der Waals surface area contributed by atoms with Gasteiger partial charge in [-0.05, 0) is 62.2 Å². The Bertz CT molecular complexity index is 903. The fraction of sp³-hybridized carbons (Fsp3) is 0.391. The van der Waals surface area contributed by atoms with Gasteiger partial charge < -0.3 is 15.5 Å². The van der Waals surface area contributed by atoms with Crippen molar-refractivity contribution in [1.82, 2.24) is 10.2 Å². The van der Waals surface area contributed by atoms with E-state index in [4.69, 9.17) is 5.26 Å². The first kappa shape index (κ1) is 21.6. The summed E-state index contributed by atoms with van der Waals surface area (Å²) in [5.41, 5.74) is 3.00. The van der Waals surface area contributed by atoms with Crippen LogP contribution in [-0.2, 0) is 0 Å². The number of nitrogens with zero attached hydrogens (tertiary/aromatic N) is 3. The molecule has 2 aromatic rings. The minimum Gasteiger partial charge on any atom is -0.369 e. The summed E-state index contributed by atoms with van der Waals surface area (Å²) in [6.45, 7) is 7.84. The Morgan fingerprint density at radius 3 is 2.67 bits per heavy atom. The van der Waals surface area contributed by atoms with E-state index < -0.39 is 5.82 Å². The van der Waals surface area contributed by atoms with Crippen LogP contribution in [0.1, 0.15) is 24.0 Å². The number of urea groups is 1. The van der Waals surface area contributed by atoms with Crippen molar-refractivity contribution in [3.8, 4) is 6.07 Å². The van der Waals surface area contributed by atoms with Gasteiger partial charge >= 0.3 is 6.03 Å². The summed E-state index contributed by atoms with van der Waals surface area (Å²) in [5, 5.41) is 14.4. The minimum atomic E-state index is -0.503. The van der Waals surface area contributed by atoms with E-state index in [-0.39, 0.29) is 11.6 Å². The Kier molecular flexibility index (Phi) is 7.63. The highest BCUT2D eigenvalue weighted by atomic mass is 19.1. The highest BCUT2D eigenvalue weighted by Crippen LogP contribution is 2.18. The van der Waals surface area contributed by atoms with Crippen LogP contribution in [-0.4, -0.2) is 50.2 Å². The number of halogens is 1. The fourth-order valence-corrected chi connectivity index (χ4v) is 3.60. The maximum absolute atomic E-state index is 13.2. The molecule has 0 bridgehead atoms. The molecule has 0 saturated carbocycles. The molecule has 158 valence electrons. The van der Waals surface area contributed by atoms with Crippen LogP contribution in [0.5, 0.6) is 0 Å². The monoisotopic (exact) mass is 409 g/mol. The van der Waals surface area contributed by atoms with Gasteiger partial charge in [0, 0.05) is 38.4 Å². The zero-order valence-electron chi connectivity index (χ0n) is 17.3. The topological polar surface area (TPSA) is 71.4 Å². The third-order valence-corrected chi connectivity index (χ3v) is 5.28. The maximum atomic E-state index is 13.2. The molecule has 0 spiro atoms. The van der Waals surface area contributed by atoms with E-state index in [1.807, 2.05) is 6.07 Å². The Balaban J connectivity index is 1.31. The quantitative estimate of drug-likeness (QED) is 0.684. The van der Waals surface area contributed by atoms with Crippen molar-refractivity contribution >= 4 is 17.4 Å². The number of carbonyl (C=O) groups excluding carboxylic acids is 1. The number of hydrogen-bond acceptors (Lipinski definition) is 4. The lowest BCUT2D eigenvalue weighted by atomic mass is 10.2. The molecule has 7 heteroatoms. The summed E-state index contributed by atoms with van der Waals surface area (Å²) in [4.78, 5) is 16.9. The lowest BCUT2D eigenvalue weighted by Gasteiger charge is -2.36. The molecule has 3 rings (SSSR count). The molecule has 1 heterocycles. The SMILES string of the molecule is Cc1cccc(N2CCN(CCCCNC(=O)Nc3ccc(F)cc3C#N)CC2)c1. The summed E-state index contributed by atoms with van der Waals surface area (Å²) < 4.78 is 13.2. The summed E-state index contributed by atoms with van der Waals surface area (Å²) in [6.07, 6.45) is 1.88. The predicted molar refractivity (Wildman–Crippen MR) is 117 cm³/mol. The molecule has 1 saturated heterocycles. The van der Waals surface area contributed by atoms with Gasteiger partial charge in [-0.15, -0.1) is 0 Å². The van der Waals surface area contributed by atoms with Crippen LogP contribution in [0.2, 0.25) is 0 Å². The van der Waals surface area contributed by atoms with Gasteiger partial charge in [0.1, 0.15) is 11.9 Å². The molecule has 0 atom stereocenters. The van der Waals surface area contributed by atoms with E-state index in [9.17, 15) is 9.18 Å². The first-order valence-corrected chi connectivity index (χ1v) is 10.3. The molecule has 0 radical (unpaired) electrons. The number of anilines is 2. The summed E-state index contributed by atoms with van der Waals surface area (Å²) >= 11 is 0. The number of nitriles is 1. The highest BCUT2D eigenvalue weighted by molar-refractivity contribution is 5.90. The van der Waals surface area contributed by atoms with Crippen LogP contribution >= 0.6 is 0 Å². The van der Waals surface area contributed by atoms with Crippen LogP contribution in [0.25, 0.3) is 0 Å². The number of rotatable bonds is 7. The second-order valence-electron chi connectivity index (χ2n) is 7.56. The second-order valence-corrected chi connectivity index (χ2v) is 7.56. The van der Waals surface area contributed by atoms with Gasteiger partial charge in [-0.1, -0.05) is 12.1 Å². The molecule has 30 heavy (non-hydrogen) atoms. The smallest absolute Gasteiger partial charge is 0.319 e. The third kappa shape index (κ3) is 6.19. The van der Waals surface area contributed by atoms with Crippen LogP contribution in [0.4, 0.5) is 20.6 Å². The van der Waals surface area contributed by atoms with E-state index in [1.165, 1.54) is 23.4 Å². The van der Waals surface area contributed by atoms with Gasteiger partial charge in [0.2, 0.25) is 0 Å². The molecular formula is C23H28FN5O. The molecule has 6 nitrogen and oxygen atoms in total. The van der Waals surface area contributed by atoms with Gasteiger partial charge in [0.15, 0.2) is 0 Å². The lowest BCUT2D eigenvalue weighted by molar-refractivity contribution is 0.247. The molecule has 2 amide bonds. The van der Waals surface area contributed by atoms with Crippen molar-refractivity contribution in [2.24, 2.45) is 0 Å². The average molecular weight is 410 g/mol. The first-order chi connectivity index (χ1) is 14.5. The molecule has 2 N–H and O–H groups in total. The Morgan fingerprint density at radius 1 is 1.13 bits per heavy atom. The second kappa shape index (κ2) is 10.6. The van der Waals surface area contributed by atoms with E-state index in [0.717, 1.165) is 51.6 Å². The lowest BCUT2D eigenvalue weighted by Crippen LogP contribution is -2.46. The molecule has 1 aliphatic rings. The number of nitrogens with one attached hydrogen (secondary N) is 2. The van der Waals surface area contributed by atoms with Crippen LogP contribution in [0.15, 0.2) is 42.5 Å². The van der Waals surface area contributed by atoms with Crippen molar-refractivity contribution < 1.29 is 9.18 Å². The zero-order valence-corrected chi connectivity index (χ0v) is 17.3. The van der Waals surface area contributed by atoms with Crippen molar-refractivity contribution in [3.63, 3.8) is 0 Å². The van der Waals surface area contributed by atoms with E-state index in [0.29, 0.717) is 12.2 Å². The highest BCUT2D eigenvalue weighted by Gasteiger charge is 2.16. The molecule has 0 aromatic heterocycles. The van der Waals surface area contributed by atoms with Gasteiger partial charge in [0.25, 0.3) is 0 Å². The number of benzene rings is 2. The van der Waals surface area contributed by atoms with Crippen molar-refractivity contribution in [1.29, 1.82) is 5.26 Å². The minimum absolute atomic E-state index is 0.106. The molecule has 1 fully saturated rings. The third-order valence-electron chi connectivity index (χ3n) is 5.28. The molecule has 1 aliphatic heterocycles. The fourth-order valence-electron chi connectivity index (χ4n) is 3.60. The van der Waals surface area contributed by atoms with Gasteiger partial charge in [-0.3, -0.25) is 4.90 Å². The molecular weight excluding hydrogens is 381 g/mol. The maximum Gasteiger partial charge on any atom is 0.319 e. The predicted octanol–water partition coefficient (Wildman–Crippen LogP) is 3.73. The number of unbranched alkanes of at least 4 members (excludes halogenated alkanes) is 1. The molecule has 0 unspecified atom stereocenters. The van der Waals surface area contributed by atoms with Crippen molar-refractivity contribution in [2.45, 2.75) is 19.8 Å². The average Bonchev–Trinajstić information content (AvgIpc) is 2.75. The first-order valence-electron chi connectivity index (χ1n) is 10.3. The zero-order chi connectivity index (χ0) is 21.3. The van der Waals surface area contributed by atoms with Crippen molar-refractivity contribution in [3.05, 3.63) is 59.4 Å².